The Balaban J connectivity index is 1.34. The van der Waals surface area contributed by atoms with Crippen molar-refractivity contribution in [3.05, 3.63) is 48.0 Å². The highest BCUT2D eigenvalue weighted by atomic mass is 19.1. The first-order valence-electron chi connectivity index (χ1n) is 14.3. The van der Waals surface area contributed by atoms with Gasteiger partial charge in [0.05, 0.1) is 17.0 Å². The highest BCUT2D eigenvalue weighted by Gasteiger charge is 2.28. The number of hydrogen-bond acceptors (Lipinski definition) is 8. The van der Waals surface area contributed by atoms with E-state index in [1.54, 1.807) is 43.5 Å². The Labute approximate surface area is 243 Å². The fourth-order valence-electron chi connectivity index (χ4n) is 6.07. The number of halogens is 1. The van der Waals surface area contributed by atoms with E-state index in [1.807, 2.05) is 6.07 Å². The van der Waals surface area contributed by atoms with Crippen LogP contribution in [0.25, 0.3) is 21.8 Å². The number of likely N-dealkylation sites (tertiary alicyclic amines) is 1. The van der Waals surface area contributed by atoms with Crippen molar-refractivity contribution in [2.45, 2.75) is 38.8 Å². The standard InChI is InChI=1S/C30H35FN8O3/c1-17-13-39(14-18(2)33-17)25-8-7-22(28(40)34-21-10-20-15-38(4)36-26(20)24(31)11-21)27-23(25)12-32-30(35-27)42-16-19-6-5-9-37(3)29(19)41/h7-8,10-12,15,17-19,33H,5-6,9,13-14,16H2,1-4H3,(H,34,40). The predicted molar refractivity (Wildman–Crippen MR) is 158 cm³/mol. The van der Waals surface area contributed by atoms with Crippen LogP contribution < -0.4 is 20.3 Å². The van der Waals surface area contributed by atoms with Crippen LogP contribution in [0.2, 0.25) is 0 Å². The summed E-state index contributed by atoms with van der Waals surface area (Å²) in [5.74, 6) is -1.18. The second kappa shape index (κ2) is 11.2. The summed E-state index contributed by atoms with van der Waals surface area (Å²) in [4.78, 5) is 39.3. The van der Waals surface area contributed by atoms with E-state index >= 15 is 0 Å². The van der Waals surface area contributed by atoms with Crippen LogP contribution in [0.4, 0.5) is 15.8 Å². The van der Waals surface area contributed by atoms with Crippen LogP contribution in [-0.4, -0.2) is 81.8 Å². The molecule has 2 saturated heterocycles. The molecule has 0 radical (unpaired) electrons. The summed E-state index contributed by atoms with van der Waals surface area (Å²) in [5.41, 5.74) is 2.19. The summed E-state index contributed by atoms with van der Waals surface area (Å²) in [7, 11) is 3.51. The lowest BCUT2D eigenvalue weighted by atomic mass is 9.98. The molecule has 220 valence electrons. The predicted octanol–water partition coefficient (Wildman–Crippen LogP) is 3.34. The number of anilines is 2. The lowest BCUT2D eigenvalue weighted by molar-refractivity contribution is -0.138. The quantitative estimate of drug-likeness (QED) is 0.360. The number of benzene rings is 2. The van der Waals surface area contributed by atoms with Crippen LogP contribution in [-0.2, 0) is 11.8 Å². The number of nitrogens with zero attached hydrogens (tertiary/aromatic N) is 6. The van der Waals surface area contributed by atoms with Crippen LogP contribution in [0.1, 0.15) is 37.0 Å². The van der Waals surface area contributed by atoms with Gasteiger partial charge in [0.2, 0.25) is 5.91 Å². The summed E-state index contributed by atoms with van der Waals surface area (Å²) in [6.07, 6.45) is 5.03. The number of nitrogens with one attached hydrogen (secondary N) is 2. The van der Waals surface area contributed by atoms with Gasteiger partial charge in [0.15, 0.2) is 5.82 Å². The number of amides is 2. The molecule has 42 heavy (non-hydrogen) atoms. The minimum atomic E-state index is -0.522. The molecule has 2 aromatic heterocycles. The second-order valence-electron chi connectivity index (χ2n) is 11.5. The minimum absolute atomic E-state index is 0.0455. The fraction of sp³-hybridized carbons (Fsp3) is 0.433. The largest absolute Gasteiger partial charge is 0.463 e. The molecule has 3 atom stereocenters. The topological polar surface area (TPSA) is 118 Å². The highest BCUT2D eigenvalue weighted by Crippen LogP contribution is 2.32. The zero-order chi connectivity index (χ0) is 29.5. The number of fused-ring (bicyclic) bond motifs is 2. The maximum atomic E-state index is 14.7. The van der Waals surface area contributed by atoms with Crippen molar-refractivity contribution in [1.29, 1.82) is 0 Å². The number of piperazine rings is 1. The van der Waals surface area contributed by atoms with Crippen molar-refractivity contribution in [2.75, 3.05) is 43.5 Å². The maximum Gasteiger partial charge on any atom is 0.316 e. The van der Waals surface area contributed by atoms with E-state index < -0.39 is 11.7 Å². The van der Waals surface area contributed by atoms with Crippen molar-refractivity contribution in [1.82, 2.24) is 30.0 Å². The van der Waals surface area contributed by atoms with Crippen molar-refractivity contribution in [2.24, 2.45) is 13.0 Å². The molecule has 2 N–H and O–H groups in total. The zero-order valence-electron chi connectivity index (χ0n) is 24.2. The highest BCUT2D eigenvalue weighted by molar-refractivity contribution is 6.14. The van der Waals surface area contributed by atoms with Gasteiger partial charge in [0, 0.05) is 80.4 Å². The third kappa shape index (κ3) is 5.46. The van der Waals surface area contributed by atoms with E-state index in [9.17, 15) is 14.0 Å². The second-order valence-corrected chi connectivity index (χ2v) is 11.5. The first kappa shape index (κ1) is 27.8. The molecule has 3 unspecified atom stereocenters. The molecule has 2 fully saturated rings. The van der Waals surface area contributed by atoms with E-state index in [2.05, 4.69) is 44.4 Å². The van der Waals surface area contributed by atoms with E-state index in [4.69, 9.17) is 4.74 Å². The molecule has 0 saturated carbocycles. The molecule has 6 rings (SSSR count). The molecule has 12 heteroatoms. The number of rotatable bonds is 6. The minimum Gasteiger partial charge on any atom is -0.463 e. The Morgan fingerprint density at radius 1 is 1.17 bits per heavy atom. The number of piperidine rings is 1. The van der Waals surface area contributed by atoms with E-state index in [0.29, 0.717) is 27.5 Å². The number of aromatic nitrogens is 4. The van der Waals surface area contributed by atoms with Crippen LogP contribution in [0.15, 0.2) is 36.7 Å². The van der Waals surface area contributed by atoms with Gasteiger partial charge in [-0.1, -0.05) is 0 Å². The van der Waals surface area contributed by atoms with Gasteiger partial charge in [0.25, 0.3) is 5.91 Å². The Morgan fingerprint density at radius 3 is 2.74 bits per heavy atom. The molecular weight excluding hydrogens is 539 g/mol. The molecular formula is C30H35FN8O3. The zero-order valence-corrected chi connectivity index (χ0v) is 24.2. The Bertz CT molecular complexity index is 1660. The third-order valence-electron chi connectivity index (χ3n) is 7.97. The number of ether oxygens (including phenoxy) is 1. The van der Waals surface area contributed by atoms with Gasteiger partial charge >= 0.3 is 6.01 Å². The molecule has 11 nitrogen and oxygen atoms in total. The monoisotopic (exact) mass is 574 g/mol. The van der Waals surface area contributed by atoms with Gasteiger partial charge in [-0.2, -0.15) is 10.1 Å². The van der Waals surface area contributed by atoms with Crippen molar-refractivity contribution < 1.29 is 18.7 Å². The Morgan fingerprint density at radius 2 is 1.95 bits per heavy atom. The van der Waals surface area contributed by atoms with Crippen molar-refractivity contribution >= 4 is 45.0 Å². The van der Waals surface area contributed by atoms with Crippen LogP contribution in [0, 0.1) is 11.7 Å². The maximum absolute atomic E-state index is 14.7. The van der Waals surface area contributed by atoms with E-state index in [0.717, 1.165) is 38.2 Å². The molecule has 0 bridgehead atoms. The smallest absolute Gasteiger partial charge is 0.316 e. The molecule has 0 spiro atoms. The first-order chi connectivity index (χ1) is 20.2. The Kier molecular flexibility index (Phi) is 7.40. The summed E-state index contributed by atoms with van der Waals surface area (Å²) in [6.45, 7) is 6.74. The molecule has 2 aromatic carbocycles. The van der Waals surface area contributed by atoms with Crippen molar-refractivity contribution in [3.8, 4) is 6.01 Å². The molecule has 4 heterocycles. The number of aryl methyl sites for hydroxylation is 1. The average Bonchev–Trinajstić information content (AvgIpc) is 3.33. The Hall–Kier alpha value is -4.32. The van der Waals surface area contributed by atoms with Crippen LogP contribution in [0.3, 0.4) is 0 Å². The molecule has 4 aromatic rings. The number of carbonyl (C=O) groups is 2. The normalized spacial score (nSPS) is 21.3. The lowest BCUT2D eigenvalue weighted by Gasteiger charge is -2.38. The van der Waals surface area contributed by atoms with E-state index in [1.165, 1.54) is 10.7 Å². The van der Waals surface area contributed by atoms with Gasteiger partial charge in [-0.05, 0) is 51.0 Å². The van der Waals surface area contributed by atoms with Gasteiger partial charge in [-0.15, -0.1) is 0 Å². The number of hydrogen-bond donors (Lipinski definition) is 2. The fourth-order valence-corrected chi connectivity index (χ4v) is 6.07. The summed E-state index contributed by atoms with van der Waals surface area (Å²) in [5, 5.41) is 11.8. The lowest BCUT2D eigenvalue weighted by Crippen LogP contribution is -2.54. The van der Waals surface area contributed by atoms with Gasteiger partial charge < -0.3 is 25.2 Å². The van der Waals surface area contributed by atoms with Crippen LogP contribution in [0.5, 0.6) is 6.01 Å². The van der Waals surface area contributed by atoms with Gasteiger partial charge in [-0.25, -0.2) is 9.37 Å². The SMILES string of the molecule is CC1CN(c2ccc(C(=O)Nc3cc(F)c4nn(C)cc4c3)c3nc(OCC4CCCN(C)C4=O)ncc23)CC(C)N1. The van der Waals surface area contributed by atoms with Crippen LogP contribution >= 0.6 is 0 Å². The van der Waals surface area contributed by atoms with Gasteiger partial charge in [-0.3, -0.25) is 14.3 Å². The summed E-state index contributed by atoms with van der Waals surface area (Å²) >= 11 is 0. The van der Waals surface area contributed by atoms with Crippen molar-refractivity contribution in [3.63, 3.8) is 0 Å². The molecule has 2 aliphatic heterocycles. The summed E-state index contributed by atoms with van der Waals surface area (Å²) < 4.78 is 22.2. The molecule has 2 aliphatic rings. The first-order valence-corrected chi connectivity index (χ1v) is 14.3. The molecule has 0 aliphatic carbocycles. The average molecular weight is 575 g/mol. The summed E-state index contributed by atoms with van der Waals surface area (Å²) in [6, 6.07) is 7.24. The number of carbonyl (C=O) groups excluding carboxylic acids is 2. The third-order valence-corrected chi connectivity index (χ3v) is 7.97. The van der Waals surface area contributed by atoms with E-state index in [-0.39, 0.29) is 42.0 Å². The van der Waals surface area contributed by atoms with Gasteiger partial charge in [0.1, 0.15) is 12.1 Å². The molecule has 2 amide bonds.